The molecule has 2 aliphatic heterocycles. The van der Waals surface area contributed by atoms with Crippen molar-refractivity contribution in [2.45, 2.75) is 47.0 Å². The lowest BCUT2D eigenvalue weighted by atomic mass is 9.34. The summed E-state index contributed by atoms with van der Waals surface area (Å²) in [7, 11) is 0. The zero-order chi connectivity index (χ0) is 36.6. The van der Waals surface area contributed by atoms with Crippen molar-refractivity contribution in [2.24, 2.45) is 0 Å². The number of rotatable bonds is 2. The van der Waals surface area contributed by atoms with Gasteiger partial charge in [-0.05, 0) is 101 Å². The molecule has 11 rings (SSSR count). The summed E-state index contributed by atoms with van der Waals surface area (Å²) in [5, 5.41) is 4.99. The van der Waals surface area contributed by atoms with Crippen molar-refractivity contribution >= 4 is 76.4 Å². The fourth-order valence-electron chi connectivity index (χ4n) is 9.41. The third-order valence-electron chi connectivity index (χ3n) is 11.7. The van der Waals surface area contributed by atoms with Gasteiger partial charge < -0.3 is 14.0 Å². The minimum absolute atomic E-state index is 0.0296. The van der Waals surface area contributed by atoms with Gasteiger partial charge in [-0.3, -0.25) is 0 Å². The van der Waals surface area contributed by atoms with E-state index in [1.807, 2.05) is 11.3 Å². The predicted octanol–water partition coefficient (Wildman–Crippen LogP) is 11.8. The van der Waals surface area contributed by atoms with Crippen molar-refractivity contribution in [3.63, 3.8) is 0 Å². The second-order valence-corrected chi connectivity index (χ2v) is 17.3. The fourth-order valence-corrected chi connectivity index (χ4v) is 10.6. The first kappa shape index (κ1) is 31.7. The molecule has 0 fully saturated rings. The molecular weight excluding hydrogens is 677 g/mol. The van der Waals surface area contributed by atoms with E-state index < -0.39 is 0 Å². The zero-order valence-corrected chi connectivity index (χ0v) is 32.1. The molecule has 0 spiro atoms. The predicted molar refractivity (Wildman–Crippen MR) is 230 cm³/mol. The Bertz CT molecular complexity index is 3010. The third-order valence-corrected chi connectivity index (χ3v) is 12.9. The summed E-state index contributed by atoms with van der Waals surface area (Å²) < 4.78 is 19.4. The zero-order valence-electron chi connectivity index (χ0n) is 31.3. The largest absolute Gasteiger partial charge is 0.458 e. The van der Waals surface area contributed by atoms with Crippen molar-refractivity contribution in [3.05, 3.63) is 144 Å². The molecular formula is C49H38BNO2S. The van der Waals surface area contributed by atoms with Crippen LogP contribution in [0.1, 0.15) is 43.0 Å². The SMILES string of the molecule is Cc1cc(C)c(-c2cc3c4c(c2)Oc2c(cc5c(sc6ccccc65)c2-n2c5ccccc5c5ccccc52)B4c2cc(C(C)(C)C)ccc2O3)c(C)c1. The van der Waals surface area contributed by atoms with E-state index in [4.69, 9.17) is 9.47 Å². The number of benzene rings is 7. The second-order valence-electron chi connectivity index (χ2n) is 16.3. The van der Waals surface area contributed by atoms with Crippen LogP contribution in [0.5, 0.6) is 23.0 Å². The average molecular weight is 716 g/mol. The molecule has 0 unspecified atom stereocenters. The van der Waals surface area contributed by atoms with E-state index in [1.54, 1.807) is 0 Å². The smallest absolute Gasteiger partial charge is 0.260 e. The first-order valence-corrected chi connectivity index (χ1v) is 19.7. The van der Waals surface area contributed by atoms with Gasteiger partial charge in [0.15, 0.2) is 0 Å². The topological polar surface area (TPSA) is 23.4 Å². The van der Waals surface area contributed by atoms with Gasteiger partial charge in [-0.15, -0.1) is 11.3 Å². The number of nitrogens with zero attached hydrogens (tertiary/aromatic N) is 1. The quantitative estimate of drug-likeness (QED) is 0.166. The highest BCUT2D eigenvalue weighted by molar-refractivity contribution is 7.26. The molecule has 0 saturated carbocycles. The van der Waals surface area contributed by atoms with E-state index in [0.717, 1.165) is 39.7 Å². The van der Waals surface area contributed by atoms with Crippen molar-refractivity contribution < 1.29 is 9.47 Å². The molecule has 0 saturated heterocycles. The second kappa shape index (κ2) is 11.1. The number of fused-ring (bicyclic) bond motifs is 10. The van der Waals surface area contributed by atoms with Crippen LogP contribution in [0.25, 0.3) is 58.8 Å². The molecule has 5 heteroatoms. The summed E-state index contributed by atoms with van der Waals surface area (Å²) in [5.74, 6) is 3.53. The van der Waals surface area contributed by atoms with E-state index in [1.165, 1.54) is 80.7 Å². The van der Waals surface area contributed by atoms with Crippen molar-refractivity contribution in [1.29, 1.82) is 0 Å². The van der Waals surface area contributed by atoms with Gasteiger partial charge in [-0.1, -0.05) is 111 Å². The number of thiophene rings is 1. The summed E-state index contributed by atoms with van der Waals surface area (Å²) in [6.45, 7) is 13.4. The Morgan fingerprint density at radius 3 is 1.91 bits per heavy atom. The third kappa shape index (κ3) is 4.42. The molecule has 3 nitrogen and oxygen atoms in total. The van der Waals surface area contributed by atoms with Crippen LogP contribution < -0.4 is 25.9 Å². The molecule has 4 heterocycles. The van der Waals surface area contributed by atoms with Crippen LogP contribution >= 0.6 is 11.3 Å². The van der Waals surface area contributed by atoms with Crippen molar-refractivity contribution in [2.75, 3.05) is 0 Å². The number of aromatic nitrogens is 1. The van der Waals surface area contributed by atoms with Gasteiger partial charge in [0, 0.05) is 31.7 Å². The van der Waals surface area contributed by atoms with Crippen LogP contribution in [-0.2, 0) is 5.41 Å². The molecule has 0 atom stereocenters. The van der Waals surface area contributed by atoms with Crippen LogP contribution in [-0.4, -0.2) is 11.3 Å². The Morgan fingerprint density at radius 1 is 0.593 bits per heavy atom. The highest BCUT2D eigenvalue weighted by Gasteiger charge is 2.43. The van der Waals surface area contributed by atoms with Crippen LogP contribution in [0, 0.1) is 20.8 Å². The number of aryl methyl sites for hydroxylation is 3. The Balaban J connectivity index is 1.30. The van der Waals surface area contributed by atoms with Crippen molar-refractivity contribution in [3.8, 4) is 39.8 Å². The summed E-state index contributed by atoms with van der Waals surface area (Å²) in [5.41, 5.74) is 14.2. The first-order chi connectivity index (χ1) is 26.1. The lowest BCUT2D eigenvalue weighted by Crippen LogP contribution is -2.57. The standard InChI is InChI=1S/C49H38BNO2S/c1-27-21-28(2)44(29(3)22-27)30-23-41-45-42(24-30)53-47-37(50(45)36-25-31(49(4,5)6)19-20-40(36)52-41)26-35-34-15-9-12-18-43(34)54-48(35)46(47)51-38-16-10-7-13-32(38)33-14-8-11-17-39(33)51/h7-26H,1-6H3. The van der Waals surface area contributed by atoms with Crippen LogP contribution in [0.15, 0.2) is 121 Å². The molecule has 0 aliphatic carbocycles. The van der Waals surface area contributed by atoms with E-state index in [2.05, 4.69) is 167 Å². The van der Waals surface area contributed by atoms with E-state index in [9.17, 15) is 0 Å². The summed E-state index contributed by atoms with van der Waals surface area (Å²) in [4.78, 5) is 0. The van der Waals surface area contributed by atoms with Gasteiger partial charge in [-0.2, -0.15) is 0 Å². The van der Waals surface area contributed by atoms with Crippen LogP contribution in [0.2, 0.25) is 0 Å². The van der Waals surface area contributed by atoms with E-state index in [-0.39, 0.29) is 12.1 Å². The molecule has 2 aliphatic rings. The lowest BCUT2D eigenvalue weighted by Gasteiger charge is -2.35. The lowest BCUT2D eigenvalue weighted by molar-refractivity contribution is 0.464. The molecule has 54 heavy (non-hydrogen) atoms. The van der Waals surface area contributed by atoms with Crippen LogP contribution in [0.3, 0.4) is 0 Å². The van der Waals surface area contributed by atoms with Gasteiger partial charge in [0.05, 0.1) is 15.7 Å². The Kier molecular flexibility index (Phi) is 6.54. The summed E-state index contributed by atoms with van der Waals surface area (Å²) in [6.07, 6.45) is 0. The normalized spacial score (nSPS) is 13.3. The molecule has 0 N–H and O–H groups in total. The highest BCUT2D eigenvalue weighted by atomic mass is 32.1. The van der Waals surface area contributed by atoms with Crippen molar-refractivity contribution in [1.82, 2.24) is 4.57 Å². The molecule has 260 valence electrons. The number of hydrogen-bond donors (Lipinski definition) is 0. The van der Waals surface area contributed by atoms with Gasteiger partial charge in [0.2, 0.25) is 0 Å². The number of para-hydroxylation sites is 2. The minimum atomic E-state index is -0.0889. The molecule has 7 aromatic carbocycles. The van der Waals surface area contributed by atoms with E-state index >= 15 is 0 Å². The highest BCUT2D eigenvalue weighted by Crippen LogP contribution is 2.48. The maximum absolute atomic E-state index is 7.47. The number of hydrogen-bond acceptors (Lipinski definition) is 3. The Hall–Kier alpha value is -5.78. The van der Waals surface area contributed by atoms with Gasteiger partial charge in [-0.25, -0.2) is 0 Å². The van der Waals surface area contributed by atoms with Gasteiger partial charge >= 0.3 is 0 Å². The van der Waals surface area contributed by atoms with Crippen LogP contribution in [0.4, 0.5) is 0 Å². The molecule has 9 aromatic rings. The van der Waals surface area contributed by atoms with Gasteiger partial charge in [0.25, 0.3) is 6.71 Å². The number of ether oxygens (including phenoxy) is 2. The maximum Gasteiger partial charge on any atom is 0.260 e. The molecule has 0 amide bonds. The molecule has 0 bridgehead atoms. The van der Waals surface area contributed by atoms with E-state index in [0.29, 0.717) is 0 Å². The Labute approximate surface area is 319 Å². The average Bonchev–Trinajstić information content (AvgIpc) is 3.68. The fraction of sp³-hybridized carbons (Fsp3) is 0.143. The minimum Gasteiger partial charge on any atom is -0.458 e. The monoisotopic (exact) mass is 715 g/mol. The Morgan fingerprint density at radius 2 is 1.22 bits per heavy atom. The molecule has 0 radical (unpaired) electrons. The van der Waals surface area contributed by atoms with Gasteiger partial charge in [0.1, 0.15) is 28.7 Å². The maximum atomic E-state index is 7.47. The summed E-state index contributed by atoms with van der Waals surface area (Å²) >= 11 is 1.85. The molecule has 2 aromatic heterocycles. The first-order valence-electron chi connectivity index (χ1n) is 18.9. The summed E-state index contributed by atoms with van der Waals surface area (Å²) in [6, 6.07) is 44.7.